The van der Waals surface area contributed by atoms with Crippen molar-refractivity contribution in [2.24, 2.45) is 15.4 Å². The zero-order valence-electron chi connectivity index (χ0n) is 18.8. The van der Waals surface area contributed by atoms with Gasteiger partial charge < -0.3 is 4.74 Å². The Kier molecular flexibility index (Phi) is 10.8. The van der Waals surface area contributed by atoms with Crippen molar-refractivity contribution in [3.05, 3.63) is 59.0 Å². The minimum atomic E-state index is -0.100. The van der Waals surface area contributed by atoms with E-state index >= 15 is 0 Å². The molecule has 0 aliphatic heterocycles. The molecule has 0 aromatic heterocycles. The van der Waals surface area contributed by atoms with Gasteiger partial charge in [0.25, 0.3) is 0 Å². The molecule has 0 bridgehead atoms. The van der Waals surface area contributed by atoms with Crippen molar-refractivity contribution in [2.75, 3.05) is 7.11 Å². The number of rotatable bonds is 9. The predicted octanol–water partition coefficient (Wildman–Crippen LogP) is 6.86. The minimum absolute atomic E-state index is 0.100. The molecule has 0 radical (unpaired) electrons. The fourth-order valence-electron chi connectivity index (χ4n) is 2.52. The third kappa shape index (κ3) is 10.0. The number of methoxy groups -OCH3 is 1. The quantitative estimate of drug-likeness (QED) is 0.322. The molecular formula is C24H38N2O. The Morgan fingerprint density at radius 1 is 1.15 bits per heavy atom. The molecule has 0 amide bonds. The van der Waals surface area contributed by atoms with Crippen molar-refractivity contribution in [3.8, 4) is 0 Å². The van der Waals surface area contributed by atoms with E-state index in [1.807, 2.05) is 39.8 Å². The summed E-state index contributed by atoms with van der Waals surface area (Å²) in [6.07, 6.45) is 8.99. The molecule has 1 atom stereocenters. The maximum atomic E-state index is 5.36. The first-order valence-corrected chi connectivity index (χ1v) is 9.41. The summed E-state index contributed by atoms with van der Waals surface area (Å²) in [6, 6.07) is 0. The van der Waals surface area contributed by atoms with Crippen molar-refractivity contribution >= 4 is 12.4 Å². The molecule has 0 N–H and O–H groups in total. The van der Waals surface area contributed by atoms with E-state index in [2.05, 4.69) is 63.1 Å². The summed E-state index contributed by atoms with van der Waals surface area (Å²) in [6.45, 7) is 24.7. The lowest BCUT2D eigenvalue weighted by Gasteiger charge is -2.21. The summed E-state index contributed by atoms with van der Waals surface area (Å²) >= 11 is 0. The second-order valence-corrected chi connectivity index (χ2v) is 8.14. The molecule has 0 saturated heterocycles. The highest BCUT2D eigenvalue weighted by Crippen LogP contribution is 2.30. The van der Waals surface area contributed by atoms with Crippen molar-refractivity contribution < 1.29 is 4.74 Å². The first-order valence-electron chi connectivity index (χ1n) is 9.41. The molecule has 0 aliphatic carbocycles. The first kappa shape index (κ1) is 25.0. The molecule has 1 unspecified atom stereocenters. The van der Waals surface area contributed by atoms with Crippen LogP contribution >= 0.6 is 0 Å². The van der Waals surface area contributed by atoms with Gasteiger partial charge in [-0.2, -0.15) is 0 Å². The molecule has 0 aliphatic rings. The van der Waals surface area contributed by atoms with E-state index in [4.69, 9.17) is 4.74 Å². The smallest absolute Gasteiger partial charge is 0.0962 e. The number of hydrogen-bond acceptors (Lipinski definition) is 3. The topological polar surface area (TPSA) is 34.0 Å². The van der Waals surface area contributed by atoms with Crippen LogP contribution in [0.2, 0.25) is 0 Å². The molecule has 0 aromatic carbocycles. The molecule has 0 saturated carbocycles. The van der Waals surface area contributed by atoms with E-state index in [9.17, 15) is 0 Å². The molecular weight excluding hydrogens is 332 g/mol. The van der Waals surface area contributed by atoms with E-state index in [1.54, 1.807) is 7.11 Å². The van der Waals surface area contributed by atoms with Gasteiger partial charge in [-0.15, -0.1) is 0 Å². The lowest BCUT2D eigenvalue weighted by atomic mass is 9.84. The number of allylic oxidation sites excluding steroid dienone is 7. The van der Waals surface area contributed by atoms with Crippen LogP contribution in [0.25, 0.3) is 0 Å². The molecule has 0 heterocycles. The summed E-state index contributed by atoms with van der Waals surface area (Å²) in [5.41, 5.74) is 6.20. The van der Waals surface area contributed by atoms with Gasteiger partial charge in [-0.3, -0.25) is 9.98 Å². The van der Waals surface area contributed by atoms with Crippen LogP contribution in [0.5, 0.6) is 0 Å². The van der Waals surface area contributed by atoms with Crippen LogP contribution in [-0.2, 0) is 4.74 Å². The summed E-state index contributed by atoms with van der Waals surface area (Å²) in [4.78, 5) is 8.69. The fraction of sp³-hybridized carbons (Fsp3) is 0.500. The Morgan fingerprint density at radius 3 is 2.15 bits per heavy atom. The third-order valence-corrected chi connectivity index (χ3v) is 3.95. The van der Waals surface area contributed by atoms with Crippen LogP contribution in [0.15, 0.2) is 69.0 Å². The molecule has 0 aromatic rings. The second-order valence-electron chi connectivity index (χ2n) is 8.14. The highest BCUT2D eigenvalue weighted by atomic mass is 16.5. The third-order valence-electron chi connectivity index (χ3n) is 3.95. The van der Waals surface area contributed by atoms with Crippen LogP contribution in [0.4, 0.5) is 0 Å². The average molecular weight is 371 g/mol. The number of ether oxygens (including phenoxy) is 1. The largest absolute Gasteiger partial charge is 0.375 e. The van der Waals surface area contributed by atoms with Gasteiger partial charge in [-0.05, 0) is 76.0 Å². The van der Waals surface area contributed by atoms with Gasteiger partial charge in [-0.1, -0.05) is 45.6 Å². The van der Waals surface area contributed by atoms with E-state index in [0.717, 1.165) is 34.7 Å². The molecule has 150 valence electrons. The lowest BCUT2D eigenvalue weighted by Crippen LogP contribution is -2.08. The Hall–Kier alpha value is -2.00. The van der Waals surface area contributed by atoms with E-state index < -0.39 is 0 Å². The van der Waals surface area contributed by atoms with Crippen molar-refractivity contribution in [3.63, 3.8) is 0 Å². The normalized spacial score (nSPS) is 15.4. The lowest BCUT2D eigenvalue weighted by molar-refractivity contribution is 0.146. The Balaban J connectivity index is 5.97. The number of nitrogens with zero attached hydrogens (tertiary/aromatic N) is 2. The van der Waals surface area contributed by atoms with Crippen molar-refractivity contribution in [2.45, 2.75) is 67.9 Å². The zero-order chi connectivity index (χ0) is 21.2. The maximum absolute atomic E-state index is 5.36. The van der Waals surface area contributed by atoms with Crippen LogP contribution in [0, 0.1) is 5.41 Å². The SMILES string of the molecule is C=N/C(=C/C=C(\CC(C)(C)C)C(=C)/C=C(C)/C(=C/C)N=C(C)C)C(C)OC. The van der Waals surface area contributed by atoms with Gasteiger partial charge >= 0.3 is 0 Å². The molecule has 0 spiro atoms. The second kappa shape index (κ2) is 11.7. The van der Waals surface area contributed by atoms with Crippen molar-refractivity contribution in [1.82, 2.24) is 0 Å². The van der Waals surface area contributed by atoms with Crippen LogP contribution in [0.3, 0.4) is 0 Å². The first-order chi connectivity index (χ1) is 12.4. The maximum Gasteiger partial charge on any atom is 0.0962 e. The average Bonchev–Trinajstić information content (AvgIpc) is 2.57. The Bertz CT molecular complexity index is 676. The van der Waals surface area contributed by atoms with Gasteiger partial charge in [0, 0.05) is 12.8 Å². The summed E-state index contributed by atoms with van der Waals surface area (Å²) < 4.78 is 5.36. The van der Waals surface area contributed by atoms with Gasteiger partial charge in [0.2, 0.25) is 0 Å². The van der Waals surface area contributed by atoms with Crippen LogP contribution in [0.1, 0.15) is 61.8 Å². The minimum Gasteiger partial charge on any atom is -0.375 e. The molecule has 3 nitrogen and oxygen atoms in total. The molecule has 0 rings (SSSR count). The van der Waals surface area contributed by atoms with Gasteiger partial charge in [0.05, 0.1) is 17.5 Å². The standard InChI is InChI=1S/C24H38N2O/c1-12-22(26-17(2)3)19(5)15-18(4)21(16-24(7,8)9)13-14-23(25-10)20(6)27-11/h12-15,20H,4,10,16H2,1-3,5-9,11H3/b19-15+,21-13+,22-12-,23-14+. The van der Waals surface area contributed by atoms with Crippen LogP contribution in [-0.4, -0.2) is 25.6 Å². The highest BCUT2D eigenvalue weighted by Gasteiger charge is 2.15. The summed E-state index contributed by atoms with van der Waals surface area (Å²) in [5.74, 6) is 0. The Labute approximate surface area is 167 Å². The van der Waals surface area contributed by atoms with Crippen molar-refractivity contribution in [1.29, 1.82) is 0 Å². The van der Waals surface area contributed by atoms with E-state index in [0.29, 0.717) is 0 Å². The van der Waals surface area contributed by atoms with Gasteiger partial charge in [0.1, 0.15) is 0 Å². The van der Waals surface area contributed by atoms with E-state index in [1.165, 1.54) is 5.57 Å². The zero-order valence-corrected chi connectivity index (χ0v) is 18.8. The fourth-order valence-corrected chi connectivity index (χ4v) is 2.52. The van der Waals surface area contributed by atoms with E-state index in [-0.39, 0.29) is 11.5 Å². The summed E-state index contributed by atoms with van der Waals surface area (Å²) in [7, 11) is 1.67. The monoisotopic (exact) mass is 370 g/mol. The molecule has 3 heteroatoms. The van der Waals surface area contributed by atoms with Gasteiger partial charge in [0.15, 0.2) is 0 Å². The summed E-state index contributed by atoms with van der Waals surface area (Å²) in [5, 5.41) is 0. The molecule has 27 heavy (non-hydrogen) atoms. The van der Waals surface area contributed by atoms with Gasteiger partial charge in [-0.25, -0.2) is 0 Å². The number of aliphatic imine (C=N–C) groups is 2. The van der Waals surface area contributed by atoms with Crippen LogP contribution < -0.4 is 0 Å². The Morgan fingerprint density at radius 2 is 1.74 bits per heavy atom. The predicted molar refractivity (Wildman–Crippen MR) is 122 cm³/mol. The number of hydrogen-bond donors (Lipinski definition) is 0. The highest BCUT2D eigenvalue weighted by molar-refractivity contribution is 5.80. The molecule has 0 fully saturated rings.